The number of anilines is 1. The van der Waals surface area contributed by atoms with Crippen LogP contribution in [-0.2, 0) is 4.74 Å². The first-order chi connectivity index (χ1) is 12.7. The molecule has 1 aliphatic rings. The van der Waals surface area contributed by atoms with E-state index in [1.165, 1.54) is 35.8 Å². The molecule has 0 saturated carbocycles. The van der Waals surface area contributed by atoms with Crippen molar-refractivity contribution in [2.24, 2.45) is 0 Å². The minimum absolute atomic E-state index is 0.213. The Kier molecular flexibility index (Phi) is 6.76. The van der Waals surface area contributed by atoms with Crippen LogP contribution >= 0.6 is 8.58 Å². The Hall–Kier alpha value is -1.77. The number of piperidine rings is 1. The maximum Gasteiger partial charge on any atom is 0.188 e. The lowest BCUT2D eigenvalue weighted by atomic mass is 10.1. The molecule has 1 atom stereocenters. The molecule has 0 radical (unpaired) electrons. The topological polar surface area (TPSA) is 30.9 Å². The first kappa shape index (κ1) is 19.0. The van der Waals surface area contributed by atoms with Crippen LogP contribution in [0.1, 0.15) is 24.8 Å². The van der Waals surface area contributed by atoms with Crippen LogP contribution < -0.4 is 25.0 Å². The van der Waals surface area contributed by atoms with Gasteiger partial charge in [-0.3, -0.25) is 0 Å². The zero-order valence-electron chi connectivity index (χ0n) is 15.9. The third-order valence-electron chi connectivity index (χ3n) is 4.73. The minimum Gasteiger partial charge on any atom is -0.493 e. The molecule has 3 rings (SSSR count). The van der Waals surface area contributed by atoms with E-state index in [2.05, 4.69) is 36.1 Å². The van der Waals surface area contributed by atoms with Crippen molar-refractivity contribution in [1.82, 2.24) is 0 Å². The van der Waals surface area contributed by atoms with E-state index in [0.29, 0.717) is 8.58 Å². The fraction of sp³-hybridized carbons (Fsp3) is 0.429. The molecule has 26 heavy (non-hydrogen) atoms. The van der Waals surface area contributed by atoms with Crippen molar-refractivity contribution < 1.29 is 14.2 Å². The average molecular weight is 373 g/mol. The van der Waals surface area contributed by atoms with Crippen molar-refractivity contribution in [3.05, 3.63) is 42.0 Å². The van der Waals surface area contributed by atoms with Crippen LogP contribution in [0.2, 0.25) is 0 Å². The Morgan fingerprint density at radius 2 is 1.77 bits per heavy atom. The zero-order valence-corrected chi connectivity index (χ0v) is 16.9. The molecular formula is C21H28NO3P. The molecule has 0 bridgehead atoms. The van der Waals surface area contributed by atoms with Crippen LogP contribution in [0.4, 0.5) is 5.69 Å². The van der Waals surface area contributed by atoms with E-state index in [4.69, 9.17) is 14.2 Å². The molecule has 0 N–H and O–H groups in total. The van der Waals surface area contributed by atoms with Gasteiger partial charge in [-0.15, -0.1) is 0 Å². The maximum atomic E-state index is 5.85. The second-order valence-electron chi connectivity index (χ2n) is 6.53. The highest BCUT2D eigenvalue weighted by atomic mass is 31.1. The summed E-state index contributed by atoms with van der Waals surface area (Å²) >= 11 is 0. The number of para-hydroxylation sites is 1. The summed E-state index contributed by atoms with van der Waals surface area (Å²) in [5.41, 5.74) is 2.69. The summed E-state index contributed by atoms with van der Waals surface area (Å²) in [6.07, 6.45) is 3.89. The predicted molar refractivity (Wildman–Crippen MR) is 110 cm³/mol. The first-order valence-corrected chi connectivity index (χ1v) is 10.1. The van der Waals surface area contributed by atoms with Gasteiger partial charge < -0.3 is 19.1 Å². The number of hydrogen-bond donors (Lipinski definition) is 0. The fourth-order valence-corrected chi connectivity index (χ4v) is 4.80. The van der Waals surface area contributed by atoms with Crippen LogP contribution in [-0.4, -0.2) is 34.1 Å². The van der Waals surface area contributed by atoms with Crippen LogP contribution in [0.5, 0.6) is 11.5 Å². The monoisotopic (exact) mass is 373 g/mol. The molecule has 1 aliphatic heterocycles. The molecule has 0 amide bonds. The summed E-state index contributed by atoms with van der Waals surface area (Å²) in [6.45, 7) is 4.70. The van der Waals surface area contributed by atoms with E-state index in [0.717, 1.165) is 29.9 Å². The maximum absolute atomic E-state index is 5.85. The summed E-state index contributed by atoms with van der Waals surface area (Å²) in [6, 6.07) is 12.7. The predicted octanol–water partition coefficient (Wildman–Crippen LogP) is 3.61. The first-order valence-electron chi connectivity index (χ1n) is 9.15. The Morgan fingerprint density at radius 3 is 2.50 bits per heavy atom. The molecule has 2 aromatic carbocycles. The smallest absolute Gasteiger partial charge is 0.188 e. The SMILES string of the molecule is COCOc1c(OC)cccc1Pc1c(C)cccc1N1CCCCC1. The zero-order chi connectivity index (χ0) is 18.4. The molecular weight excluding hydrogens is 345 g/mol. The van der Waals surface area contributed by atoms with E-state index in [1.807, 2.05) is 12.1 Å². The lowest BCUT2D eigenvalue weighted by molar-refractivity contribution is 0.0500. The third-order valence-corrected chi connectivity index (χ3v) is 6.29. The molecule has 2 aromatic rings. The van der Waals surface area contributed by atoms with Crippen LogP contribution in [0, 0.1) is 6.92 Å². The summed E-state index contributed by atoms with van der Waals surface area (Å²) < 4.78 is 16.5. The van der Waals surface area contributed by atoms with Gasteiger partial charge in [0.05, 0.1) is 7.11 Å². The van der Waals surface area contributed by atoms with Gasteiger partial charge in [-0.25, -0.2) is 0 Å². The Balaban J connectivity index is 1.96. The Morgan fingerprint density at radius 1 is 1.00 bits per heavy atom. The molecule has 140 valence electrons. The van der Waals surface area contributed by atoms with Crippen molar-refractivity contribution in [3.63, 3.8) is 0 Å². The third kappa shape index (κ3) is 4.31. The van der Waals surface area contributed by atoms with E-state index >= 15 is 0 Å². The van der Waals surface area contributed by atoms with Gasteiger partial charge in [0.2, 0.25) is 0 Å². The summed E-state index contributed by atoms with van der Waals surface area (Å²) in [5, 5.41) is 2.54. The van der Waals surface area contributed by atoms with Crippen molar-refractivity contribution in [1.29, 1.82) is 0 Å². The average Bonchev–Trinajstić information content (AvgIpc) is 2.69. The number of benzene rings is 2. The quantitative estimate of drug-likeness (QED) is 0.548. The van der Waals surface area contributed by atoms with Crippen molar-refractivity contribution in [2.45, 2.75) is 26.2 Å². The van der Waals surface area contributed by atoms with Gasteiger partial charge in [0.1, 0.15) is 0 Å². The second kappa shape index (κ2) is 9.25. The molecule has 4 nitrogen and oxygen atoms in total. The second-order valence-corrected chi connectivity index (χ2v) is 7.82. The molecule has 0 aromatic heterocycles. The molecule has 1 unspecified atom stereocenters. The molecule has 1 saturated heterocycles. The van der Waals surface area contributed by atoms with Crippen molar-refractivity contribution in [3.8, 4) is 11.5 Å². The van der Waals surface area contributed by atoms with E-state index < -0.39 is 0 Å². The van der Waals surface area contributed by atoms with E-state index in [1.54, 1.807) is 14.2 Å². The number of ether oxygens (including phenoxy) is 3. The molecule has 5 heteroatoms. The highest BCUT2D eigenvalue weighted by Gasteiger charge is 2.18. The molecule has 1 fully saturated rings. The van der Waals surface area contributed by atoms with Gasteiger partial charge in [0.25, 0.3) is 0 Å². The number of methoxy groups -OCH3 is 2. The Bertz CT molecular complexity index is 729. The largest absolute Gasteiger partial charge is 0.493 e. The highest BCUT2D eigenvalue weighted by molar-refractivity contribution is 7.56. The van der Waals surface area contributed by atoms with Gasteiger partial charge in [-0.2, -0.15) is 0 Å². The van der Waals surface area contributed by atoms with Crippen molar-refractivity contribution >= 4 is 24.9 Å². The van der Waals surface area contributed by atoms with Gasteiger partial charge in [0, 0.05) is 36.5 Å². The van der Waals surface area contributed by atoms with Gasteiger partial charge >= 0.3 is 0 Å². The standard InChI is InChI=1S/C21H28NO3P/c1-16-9-7-10-17(22-13-5-4-6-14-22)21(16)26-19-12-8-11-18(24-3)20(19)25-15-23-2/h7-12,26H,4-6,13-15H2,1-3H3. The normalized spacial score (nSPS) is 14.8. The minimum atomic E-state index is 0.213. The van der Waals surface area contributed by atoms with Crippen LogP contribution in [0.25, 0.3) is 0 Å². The van der Waals surface area contributed by atoms with Gasteiger partial charge in [-0.1, -0.05) is 32.8 Å². The number of rotatable bonds is 7. The molecule has 0 aliphatic carbocycles. The number of aryl methyl sites for hydroxylation is 1. The molecule has 0 spiro atoms. The van der Waals surface area contributed by atoms with Gasteiger partial charge in [0.15, 0.2) is 18.3 Å². The van der Waals surface area contributed by atoms with Gasteiger partial charge in [-0.05, 0) is 43.9 Å². The lowest BCUT2D eigenvalue weighted by Gasteiger charge is -2.31. The van der Waals surface area contributed by atoms with Crippen LogP contribution in [0.15, 0.2) is 36.4 Å². The van der Waals surface area contributed by atoms with Crippen LogP contribution in [0.3, 0.4) is 0 Å². The fourth-order valence-electron chi connectivity index (χ4n) is 3.39. The number of nitrogens with zero attached hydrogens (tertiary/aromatic N) is 1. The summed E-state index contributed by atoms with van der Waals surface area (Å²) in [7, 11) is 3.81. The van der Waals surface area contributed by atoms with Crippen molar-refractivity contribution in [2.75, 3.05) is 39.0 Å². The Labute approximate surface area is 158 Å². The van der Waals surface area contributed by atoms with E-state index in [-0.39, 0.29) is 6.79 Å². The lowest BCUT2D eigenvalue weighted by Crippen LogP contribution is -2.33. The summed E-state index contributed by atoms with van der Waals surface area (Å²) in [5.74, 6) is 1.53. The molecule has 1 heterocycles. The number of hydrogen-bond acceptors (Lipinski definition) is 4. The van der Waals surface area contributed by atoms with E-state index in [9.17, 15) is 0 Å². The highest BCUT2D eigenvalue weighted by Crippen LogP contribution is 2.33. The summed E-state index contributed by atoms with van der Waals surface area (Å²) in [4.78, 5) is 2.54.